The predicted molar refractivity (Wildman–Crippen MR) is 103 cm³/mol. The Morgan fingerprint density at radius 1 is 1.22 bits per heavy atom. The van der Waals surface area contributed by atoms with E-state index >= 15 is 0 Å². The zero-order valence-corrected chi connectivity index (χ0v) is 15.5. The normalized spacial score (nSPS) is 10.1. The molecular formula is C20H17N3O3S. The molecule has 1 N–H and O–H groups in total. The predicted octanol–water partition coefficient (Wildman–Crippen LogP) is 4.05. The molecule has 0 radical (unpaired) electrons. The van der Waals surface area contributed by atoms with Gasteiger partial charge < -0.3 is 14.8 Å². The van der Waals surface area contributed by atoms with Crippen molar-refractivity contribution in [2.75, 3.05) is 12.4 Å². The van der Waals surface area contributed by atoms with E-state index in [0.717, 1.165) is 11.3 Å². The van der Waals surface area contributed by atoms with Gasteiger partial charge in [0.25, 0.3) is 5.91 Å². The van der Waals surface area contributed by atoms with E-state index in [4.69, 9.17) is 14.7 Å². The smallest absolute Gasteiger partial charge is 0.255 e. The number of anilines is 1. The minimum atomic E-state index is -0.257. The molecule has 0 aliphatic heterocycles. The maximum atomic E-state index is 12.5. The summed E-state index contributed by atoms with van der Waals surface area (Å²) in [6.45, 7) is 0.334. The lowest BCUT2D eigenvalue weighted by atomic mass is 10.1. The van der Waals surface area contributed by atoms with Crippen LogP contribution in [0.3, 0.4) is 0 Å². The number of amides is 1. The first-order valence-electron chi connectivity index (χ1n) is 8.14. The highest BCUT2D eigenvalue weighted by Gasteiger charge is 2.12. The Labute approximate surface area is 161 Å². The maximum absolute atomic E-state index is 12.5. The molecule has 6 nitrogen and oxygen atoms in total. The monoisotopic (exact) mass is 379 g/mol. The van der Waals surface area contributed by atoms with Gasteiger partial charge in [0.05, 0.1) is 30.8 Å². The largest absolute Gasteiger partial charge is 0.493 e. The van der Waals surface area contributed by atoms with Crippen LogP contribution in [0.15, 0.2) is 53.4 Å². The molecule has 0 atom stereocenters. The summed E-state index contributed by atoms with van der Waals surface area (Å²) in [6.07, 6.45) is 0.341. The van der Waals surface area contributed by atoms with E-state index in [2.05, 4.69) is 16.4 Å². The first-order valence-corrected chi connectivity index (χ1v) is 9.09. The van der Waals surface area contributed by atoms with Crippen molar-refractivity contribution in [1.82, 2.24) is 4.98 Å². The molecule has 27 heavy (non-hydrogen) atoms. The van der Waals surface area contributed by atoms with Crippen molar-refractivity contribution in [2.45, 2.75) is 13.0 Å². The SMILES string of the molecule is COc1cc(C(=O)Nc2ccc(CC#N)cc2)ccc1OCc1cscn1. The number of ether oxygens (including phenoxy) is 2. The second-order valence-electron chi connectivity index (χ2n) is 5.62. The number of thiazole rings is 1. The van der Waals surface area contributed by atoms with Crippen LogP contribution in [-0.4, -0.2) is 18.0 Å². The summed E-state index contributed by atoms with van der Waals surface area (Å²) >= 11 is 1.50. The zero-order valence-electron chi connectivity index (χ0n) is 14.6. The summed E-state index contributed by atoms with van der Waals surface area (Å²) in [5, 5.41) is 13.4. The van der Waals surface area contributed by atoms with Crippen molar-refractivity contribution < 1.29 is 14.3 Å². The molecule has 7 heteroatoms. The molecule has 3 rings (SSSR count). The summed E-state index contributed by atoms with van der Waals surface area (Å²) in [6, 6.07) is 14.3. The number of carbonyl (C=O) groups excluding carboxylic acids is 1. The van der Waals surface area contributed by atoms with Gasteiger partial charge in [-0.25, -0.2) is 4.98 Å². The fourth-order valence-electron chi connectivity index (χ4n) is 2.39. The van der Waals surface area contributed by atoms with Crippen LogP contribution in [0.5, 0.6) is 11.5 Å². The van der Waals surface area contributed by atoms with Crippen molar-refractivity contribution >= 4 is 22.9 Å². The van der Waals surface area contributed by atoms with Crippen molar-refractivity contribution in [3.63, 3.8) is 0 Å². The quantitative estimate of drug-likeness (QED) is 0.669. The molecule has 0 aliphatic rings. The molecule has 0 aliphatic carbocycles. The highest BCUT2D eigenvalue weighted by Crippen LogP contribution is 2.29. The minimum absolute atomic E-state index is 0.257. The van der Waals surface area contributed by atoms with Crippen LogP contribution in [0.2, 0.25) is 0 Å². The van der Waals surface area contributed by atoms with E-state index in [-0.39, 0.29) is 5.91 Å². The summed E-state index contributed by atoms with van der Waals surface area (Å²) in [5.74, 6) is 0.762. The lowest BCUT2D eigenvalue weighted by molar-refractivity contribution is 0.102. The van der Waals surface area contributed by atoms with Gasteiger partial charge >= 0.3 is 0 Å². The number of hydrogen-bond donors (Lipinski definition) is 1. The van der Waals surface area contributed by atoms with Gasteiger partial charge in [0.15, 0.2) is 11.5 Å². The van der Waals surface area contributed by atoms with Gasteiger partial charge in [-0.3, -0.25) is 4.79 Å². The second kappa shape index (κ2) is 8.83. The number of carbonyl (C=O) groups is 1. The fourth-order valence-corrected chi connectivity index (χ4v) is 2.93. The summed E-state index contributed by atoms with van der Waals surface area (Å²) in [5.41, 5.74) is 4.59. The van der Waals surface area contributed by atoms with E-state index < -0.39 is 0 Å². The van der Waals surface area contributed by atoms with E-state index in [1.807, 2.05) is 17.5 Å². The summed E-state index contributed by atoms with van der Waals surface area (Å²) in [7, 11) is 1.53. The van der Waals surface area contributed by atoms with Crippen molar-refractivity contribution in [3.8, 4) is 17.6 Å². The lowest BCUT2D eigenvalue weighted by Gasteiger charge is -2.12. The molecule has 3 aromatic rings. The third-order valence-electron chi connectivity index (χ3n) is 3.78. The van der Waals surface area contributed by atoms with Crippen LogP contribution in [0.4, 0.5) is 5.69 Å². The number of methoxy groups -OCH3 is 1. The molecule has 0 saturated heterocycles. The average molecular weight is 379 g/mol. The number of aromatic nitrogens is 1. The van der Waals surface area contributed by atoms with Gasteiger partial charge in [-0.15, -0.1) is 11.3 Å². The summed E-state index contributed by atoms with van der Waals surface area (Å²) in [4.78, 5) is 16.6. The number of benzene rings is 2. The molecule has 1 amide bonds. The van der Waals surface area contributed by atoms with Crippen molar-refractivity contribution in [3.05, 3.63) is 70.2 Å². The Morgan fingerprint density at radius 3 is 2.70 bits per heavy atom. The number of nitriles is 1. The third kappa shape index (κ3) is 4.84. The van der Waals surface area contributed by atoms with E-state index in [0.29, 0.717) is 35.8 Å². The molecular weight excluding hydrogens is 362 g/mol. The molecule has 0 unspecified atom stereocenters. The van der Waals surface area contributed by atoms with Gasteiger partial charge in [-0.2, -0.15) is 5.26 Å². The van der Waals surface area contributed by atoms with Gasteiger partial charge in [0.1, 0.15) is 6.61 Å². The Morgan fingerprint density at radius 2 is 2.04 bits per heavy atom. The van der Waals surface area contributed by atoms with Gasteiger partial charge in [0, 0.05) is 16.6 Å². The van der Waals surface area contributed by atoms with Gasteiger partial charge in [-0.1, -0.05) is 12.1 Å². The van der Waals surface area contributed by atoms with Crippen LogP contribution in [0.25, 0.3) is 0 Å². The molecule has 0 bridgehead atoms. The van der Waals surface area contributed by atoms with Gasteiger partial charge in [-0.05, 0) is 35.9 Å². The van der Waals surface area contributed by atoms with Crippen LogP contribution < -0.4 is 14.8 Å². The standard InChI is InChI=1S/C20H17N3O3S/c1-25-19-10-15(4-7-18(19)26-11-17-12-27-13-22-17)20(24)23-16-5-2-14(3-6-16)8-9-21/h2-7,10,12-13H,8,11H2,1H3,(H,23,24). The number of nitrogens with zero attached hydrogens (tertiary/aromatic N) is 2. The molecule has 136 valence electrons. The highest BCUT2D eigenvalue weighted by molar-refractivity contribution is 7.07. The third-order valence-corrected chi connectivity index (χ3v) is 4.42. The van der Waals surface area contributed by atoms with E-state index in [1.165, 1.54) is 18.4 Å². The number of hydrogen-bond acceptors (Lipinski definition) is 6. The van der Waals surface area contributed by atoms with E-state index in [9.17, 15) is 4.79 Å². The lowest BCUT2D eigenvalue weighted by Crippen LogP contribution is -2.12. The van der Waals surface area contributed by atoms with Crippen LogP contribution in [0.1, 0.15) is 21.6 Å². The Hall–Kier alpha value is -3.37. The minimum Gasteiger partial charge on any atom is -0.493 e. The Balaban J connectivity index is 1.68. The molecule has 0 spiro atoms. The molecule has 1 heterocycles. The average Bonchev–Trinajstić information content (AvgIpc) is 3.21. The molecule has 1 aromatic heterocycles. The molecule has 0 fully saturated rings. The number of nitrogens with one attached hydrogen (secondary N) is 1. The van der Waals surface area contributed by atoms with Gasteiger partial charge in [0.2, 0.25) is 0 Å². The molecule has 0 saturated carbocycles. The number of rotatable bonds is 7. The maximum Gasteiger partial charge on any atom is 0.255 e. The Bertz CT molecular complexity index is 948. The zero-order chi connectivity index (χ0) is 19.1. The van der Waals surface area contributed by atoms with Crippen LogP contribution in [-0.2, 0) is 13.0 Å². The highest BCUT2D eigenvalue weighted by atomic mass is 32.1. The van der Waals surface area contributed by atoms with Crippen LogP contribution in [0, 0.1) is 11.3 Å². The second-order valence-corrected chi connectivity index (χ2v) is 6.34. The topological polar surface area (TPSA) is 84.2 Å². The molecule has 2 aromatic carbocycles. The van der Waals surface area contributed by atoms with Crippen LogP contribution >= 0.6 is 11.3 Å². The van der Waals surface area contributed by atoms with E-state index in [1.54, 1.807) is 35.8 Å². The first-order chi connectivity index (χ1) is 13.2. The fraction of sp³-hybridized carbons (Fsp3) is 0.150. The van der Waals surface area contributed by atoms with Crippen molar-refractivity contribution in [2.24, 2.45) is 0 Å². The Kier molecular flexibility index (Phi) is 6.02. The first kappa shape index (κ1) is 18.4. The summed E-state index contributed by atoms with van der Waals surface area (Å²) < 4.78 is 11.1. The van der Waals surface area contributed by atoms with Crippen molar-refractivity contribution in [1.29, 1.82) is 5.26 Å².